The molecular weight excluding hydrogens is 248 g/mol. The van der Waals surface area contributed by atoms with E-state index in [1.807, 2.05) is 0 Å². The SMILES string of the molecule is C=C(C)C(=O)OCC1CC2CC(CC(C)C)CC(C1)C2. The second kappa shape index (κ2) is 6.78. The monoisotopic (exact) mass is 278 g/mol. The molecule has 0 radical (unpaired) electrons. The Kier molecular flexibility index (Phi) is 5.29. The van der Waals surface area contributed by atoms with E-state index in [0.29, 0.717) is 18.1 Å². The topological polar surface area (TPSA) is 26.3 Å². The van der Waals surface area contributed by atoms with Gasteiger partial charge in [-0.15, -0.1) is 0 Å². The first kappa shape index (κ1) is 15.6. The Bertz CT molecular complexity index is 344. The van der Waals surface area contributed by atoms with E-state index < -0.39 is 0 Å². The van der Waals surface area contributed by atoms with Gasteiger partial charge in [0, 0.05) is 5.57 Å². The maximum Gasteiger partial charge on any atom is 0.333 e. The van der Waals surface area contributed by atoms with Gasteiger partial charge in [-0.05, 0) is 75.0 Å². The van der Waals surface area contributed by atoms with Crippen molar-refractivity contribution in [3.8, 4) is 0 Å². The van der Waals surface area contributed by atoms with Crippen molar-refractivity contribution in [2.24, 2.45) is 29.6 Å². The van der Waals surface area contributed by atoms with Crippen LogP contribution in [0.4, 0.5) is 0 Å². The molecule has 2 aliphatic rings. The lowest BCUT2D eigenvalue weighted by Crippen LogP contribution is -2.33. The number of hydrogen-bond donors (Lipinski definition) is 0. The molecule has 2 atom stereocenters. The third-order valence-corrected chi connectivity index (χ3v) is 4.94. The summed E-state index contributed by atoms with van der Waals surface area (Å²) < 4.78 is 5.36. The highest BCUT2D eigenvalue weighted by molar-refractivity contribution is 5.86. The molecule has 2 saturated carbocycles. The Balaban J connectivity index is 1.79. The van der Waals surface area contributed by atoms with Gasteiger partial charge in [0.05, 0.1) is 6.61 Å². The number of carbonyl (C=O) groups is 1. The normalized spacial score (nSPS) is 33.0. The molecule has 0 aromatic carbocycles. The Morgan fingerprint density at radius 2 is 1.65 bits per heavy atom. The van der Waals surface area contributed by atoms with Gasteiger partial charge in [-0.25, -0.2) is 4.79 Å². The van der Waals surface area contributed by atoms with E-state index in [1.54, 1.807) is 6.92 Å². The summed E-state index contributed by atoms with van der Waals surface area (Å²) in [5.41, 5.74) is 0.512. The number of rotatable bonds is 5. The van der Waals surface area contributed by atoms with Gasteiger partial charge >= 0.3 is 5.97 Å². The fourth-order valence-corrected chi connectivity index (χ4v) is 4.44. The molecule has 2 rings (SSSR count). The van der Waals surface area contributed by atoms with Gasteiger partial charge < -0.3 is 4.74 Å². The van der Waals surface area contributed by atoms with Crippen LogP contribution in [0.5, 0.6) is 0 Å². The molecule has 0 amide bonds. The van der Waals surface area contributed by atoms with Crippen molar-refractivity contribution < 1.29 is 9.53 Å². The van der Waals surface area contributed by atoms with Crippen molar-refractivity contribution in [2.45, 2.75) is 59.3 Å². The molecule has 0 aromatic rings. The van der Waals surface area contributed by atoms with Crippen molar-refractivity contribution >= 4 is 5.97 Å². The van der Waals surface area contributed by atoms with Crippen LogP contribution in [0, 0.1) is 29.6 Å². The van der Waals surface area contributed by atoms with Gasteiger partial charge in [0.2, 0.25) is 0 Å². The number of hydrogen-bond acceptors (Lipinski definition) is 2. The lowest BCUT2D eigenvalue weighted by Gasteiger charge is -2.43. The Morgan fingerprint density at radius 3 is 2.15 bits per heavy atom. The van der Waals surface area contributed by atoms with Crippen molar-refractivity contribution in [2.75, 3.05) is 6.61 Å². The number of ether oxygens (including phenoxy) is 1. The molecular formula is C18H30O2. The highest BCUT2D eigenvalue weighted by Gasteiger charge is 2.36. The first-order valence-electron chi connectivity index (χ1n) is 8.26. The van der Waals surface area contributed by atoms with Crippen LogP contribution in [0.15, 0.2) is 12.2 Å². The zero-order valence-corrected chi connectivity index (χ0v) is 13.4. The van der Waals surface area contributed by atoms with E-state index in [2.05, 4.69) is 20.4 Å². The number of fused-ring (bicyclic) bond motifs is 2. The molecule has 0 spiro atoms. The van der Waals surface area contributed by atoms with Crippen LogP contribution >= 0.6 is 0 Å². The molecule has 2 bridgehead atoms. The molecule has 0 heterocycles. The van der Waals surface area contributed by atoms with Crippen LogP contribution in [0.2, 0.25) is 0 Å². The Morgan fingerprint density at radius 1 is 1.10 bits per heavy atom. The lowest BCUT2D eigenvalue weighted by molar-refractivity contribution is -0.141. The predicted molar refractivity (Wildman–Crippen MR) is 82.3 cm³/mol. The summed E-state index contributed by atoms with van der Waals surface area (Å²) in [6.07, 6.45) is 8.13. The minimum Gasteiger partial charge on any atom is -0.462 e. The summed E-state index contributed by atoms with van der Waals surface area (Å²) in [7, 11) is 0. The summed E-state index contributed by atoms with van der Waals surface area (Å²) in [4.78, 5) is 11.5. The first-order chi connectivity index (χ1) is 9.44. The maximum absolute atomic E-state index is 11.5. The van der Waals surface area contributed by atoms with Gasteiger partial charge in [-0.3, -0.25) is 0 Å². The largest absolute Gasteiger partial charge is 0.462 e. The zero-order chi connectivity index (χ0) is 14.7. The van der Waals surface area contributed by atoms with Crippen LogP contribution in [0.1, 0.15) is 59.3 Å². The molecule has 2 aliphatic carbocycles. The highest BCUT2D eigenvalue weighted by Crippen LogP contribution is 2.46. The van der Waals surface area contributed by atoms with Gasteiger partial charge in [-0.1, -0.05) is 20.4 Å². The Hall–Kier alpha value is -0.790. The Labute approximate surface area is 124 Å². The third-order valence-electron chi connectivity index (χ3n) is 4.94. The van der Waals surface area contributed by atoms with Crippen LogP contribution in [-0.4, -0.2) is 12.6 Å². The first-order valence-corrected chi connectivity index (χ1v) is 8.26. The van der Waals surface area contributed by atoms with Crippen LogP contribution < -0.4 is 0 Å². The minimum atomic E-state index is -0.224. The van der Waals surface area contributed by atoms with Gasteiger partial charge in [-0.2, -0.15) is 0 Å². The summed E-state index contributed by atoms with van der Waals surface area (Å²) in [5, 5.41) is 0. The lowest BCUT2D eigenvalue weighted by atomic mass is 9.63. The number of carbonyl (C=O) groups excluding carboxylic acids is 1. The van der Waals surface area contributed by atoms with Crippen molar-refractivity contribution in [1.29, 1.82) is 0 Å². The minimum absolute atomic E-state index is 0.224. The van der Waals surface area contributed by atoms with E-state index in [1.165, 1.54) is 38.5 Å². The molecule has 2 nitrogen and oxygen atoms in total. The predicted octanol–water partition coefficient (Wildman–Crippen LogP) is 4.59. The molecule has 2 fully saturated rings. The van der Waals surface area contributed by atoms with Crippen molar-refractivity contribution in [1.82, 2.24) is 0 Å². The molecule has 0 N–H and O–H groups in total. The van der Waals surface area contributed by atoms with Crippen LogP contribution in [0.25, 0.3) is 0 Å². The molecule has 20 heavy (non-hydrogen) atoms. The van der Waals surface area contributed by atoms with Gasteiger partial charge in [0.1, 0.15) is 0 Å². The maximum atomic E-state index is 11.5. The van der Waals surface area contributed by atoms with Crippen molar-refractivity contribution in [3.63, 3.8) is 0 Å². The van der Waals surface area contributed by atoms with E-state index >= 15 is 0 Å². The molecule has 0 aliphatic heterocycles. The zero-order valence-electron chi connectivity index (χ0n) is 13.4. The second-order valence-electron chi connectivity index (χ2n) is 7.65. The quantitative estimate of drug-likeness (QED) is 0.543. The van der Waals surface area contributed by atoms with E-state index in [9.17, 15) is 4.79 Å². The van der Waals surface area contributed by atoms with Gasteiger partial charge in [0.25, 0.3) is 0 Å². The molecule has 0 aromatic heterocycles. The summed E-state index contributed by atoms with van der Waals surface area (Å²) in [6.45, 7) is 10.6. The second-order valence-corrected chi connectivity index (χ2v) is 7.65. The molecule has 2 unspecified atom stereocenters. The average molecular weight is 278 g/mol. The van der Waals surface area contributed by atoms with E-state index in [0.717, 1.165) is 23.7 Å². The van der Waals surface area contributed by atoms with Crippen molar-refractivity contribution in [3.05, 3.63) is 12.2 Å². The van der Waals surface area contributed by atoms with E-state index in [4.69, 9.17) is 4.74 Å². The number of esters is 1. The van der Waals surface area contributed by atoms with Crippen LogP contribution in [-0.2, 0) is 9.53 Å². The molecule has 0 saturated heterocycles. The standard InChI is InChI=1S/C18H30O2/c1-12(2)5-14-6-15-8-16(7-14)10-17(9-15)11-20-18(19)13(3)4/h12,14-17H,3,5-11H2,1-2,4H3. The smallest absolute Gasteiger partial charge is 0.333 e. The van der Waals surface area contributed by atoms with Gasteiger partial charge in [0.15, 0.2) is 0 Å². The molecule has 114 valence electrons. The van der Waals surface area contributed by atoms with Crippen LogP contribution in [0.3, 0.4) is 0 Å². The fraction of sp³-hybridized carbons (Fsp3) is 0.833. The molecule has 2 heteroatoms. The summed E-state index contributed by atoms with van der Waals surface area (Å²) in [5.74, 6) is 3.88. The highest BCUT2D eigenvalue weighted by atomic mass is 16.5. The van der Waals surface area contributed by atoms with E-state index in [-0.39, 0.29) is 5.97 Å². The third kappa shape index (κ3) is 4.36. The summed E-state index contributed by atoms with van der Waals surface area (Å²) >= 11 is 0. The summed E-state index contributed by atoms with van der Waals surface area (Å²) in [6, 6.07) is 0. The average Bonchev–Trinajstić information content (AvgIpc) is 2.33. The fourth-order valence-electron chi connectivity index (χ4n) is 4.44.